The van der Waals surface area contributed by atoms with Crippen molar-refractivity contribution >= 4 is 0 Å². The van der Waals surface area contributed by atoms with E-state index in [0.29, 0.717) is 12.3 Å². The second-order valence-electron chi connectivity index (χ2n) is 4.07. The van der Waals surface area contributed by atoms with Crippen molar-refractivity contribution < 1.29 is 4.74 Å². The summed E-state index contributed by atoms with van der Waals surface area (Å²) in [5.41, 5.74) is 7.18. The van der Waals surface area contributed by atoms with Gasteiger partial charge in [0.05, 0.1) is 12.7 Å². The van der Waals surface area contributed by atoms with Gasteiger partial charge in [-0.05, 0) is 25.3 Å². The molecule has 1 aliphatic rings. The van der Waals surface area contributed by atoms with E-state index < -0.39 is 0 Å². The predicted octanol–water partition coefficient (Wildman–Crippen LogP) is 1.35. The van der Waals surface area contributed by atoms with Gasteiger partial charge in [-0.25, -0.2) is 4.98 Å². The third-order valence-corrected chi connectivity index (χ3v) is 2.95. The Morgan fingerprint density at radius 2 is 2.44 bits per heavy atom. The van der Waals surface area contributed by atoms with E-state index in [0.717, 1.165) is 24.8 Å². The van der Waals surface area contributed by atoms with Crippen LogP contribution in [0.3, 0.4) is 0 Å². The lowest BCUT2D eigenvalue weighted by atomic mass is 10.2. The highest BCUT2D eigenvalue weighted by molar-refractivity contribution is 5.29. The quantitative estimate of drug-likeness (QED) is 0.829. The first-order valence-corrected chi connectivity index (χ1v) is 5.52. The first kappa shape index (κ1) is 11.1. The maximum Gasteiger partial charge on any atom is 0.145 e. The molecule has 4 heteroatoms. The summed E-state index contributed by atoms with van der Waals surface area (Å²) >= 11 is 0. The summed E-state index contributed by atoms with van der Waals surface area (Å²) in [6, 6.07) is 5.88. The minimum Gasteiger partial charge on any atom is -0.372 e. The van der Waals surface area contributed by atoms with Crippen LogP contribution in [0.15, 0.2) is 18.3 Å². The highest BCUT2D eigenvalue weighted by atomic mass is 16.5. The van der Waals surface area contributed by atoms with Crippen LogP contribution in [0.5, 0.6) is 0 Å². The van der Waals surface area contributed by atoms with Gasteiger partial charge in [0, 0.05) is 17.8 Å². The van der Waals surface area contributed by atoms with Gasteiger partial charge in [0.15, 0.2) is 0 Å². The zero-order valence-corrected chi connectivity index (χ0v) is 9.10. The Balaban J connectivity index is 1.97. The minimum absolute atomic E-state index is 0.131. The van der Waals surface area contributed by atoms with Gasteiger partial charge >= 0.3 is 0 Å². The van der Waals surface area contributed by atoms with Crippen LogP contribution in [0, 0.1) is 11.3 Å². The molecular weight excluding hydrogens is 202 g/mol. The molecule has 1 aliphatic carbocycles. The molecule has 0 aromatic carbocycles. The zero-order valence-electron chi connectivity index (χ0n) is 9.10. The summed E-state index contributed by atoms with van der Waals surface area (Å²) in [6.45, 7) is 0.426. The van der Waals surface area contributed by atoms with E-state index in [4.69, 9.17) is 15.7 Å². The highest BCUT2D eigenvalue weighted by Crippen LogP contribution is 2.21. The Labute approximate surface area is 95.0 Å². The Kier molecular flexibility index (Phi) is 3.50. The van der Waals surface area contributed by atoms with Crippen molar-refractivity contribution in [2.24, 2.45) is 5.73 Å². The van der Waals surface area contributed by atoms with Crippen molar-refractivity contribution in [1.82, 2.24) is 4.98 Å². The largest absolute Gasteiger partial charge is 0.372 e. The van der Waals surface area contributed by atoms with E-state index in [9.17, 15) is 0 Å². The number of pyridine rings is 1. The van der Waals surface area contributed by atoms with Crippen LogP contribution in [0.1, 0.15) is 30.5 Å². The topological polar surface area (TPSA) is 71.9 Å². The lowest BCUT2D eigenvalue weighted by Gasteiger charge is -2.16. The van der Waals surface area contributed by atoms with Crippen molar-refractivity contribution in [2.45, 2.75) is 38.0 Å². The van der Waals surface area contributed by atoms with Gasteiger partial charge < -0.3 is 10.5 Å². The van der Waals surface area contributed by atoms with E-state index in [1.807, 2.05) is 12.1 Å². The molecule has 2 atom stereocenters. The van der Waals surface area contributed by atoms with Crippen molar-refractivity contribution in [3.8, 4) is 6.07 Å². The molecule has 0 bridgehead atoms. The summed E-state index contributed by atoms with van der Waals surface area (Å²) in [4.78, 5) is 3.99. The van der Waals surface area contributed by atoms with Crippen LogP contribution in [-0.4, -0.2) is 17.1 Å². The molecule has 16 heavy (non-hydrogen) atoms. The number of nitrogens with two attached hydrogens (primary N) is 1. The summed E-state index contributed by atoms with van der Waals surface area (Å²) < 4.78 is 5.73. The van der Waals surface area contributed by atoms with E-state index in [1.165, 1.54) is 0 Å². The standard InChI is InChI=1S/C12H15N3O/c13-7-11-9(3-2-6-15-11)8-16-12-5-1-4-10(12)14/h2-3,6,10,12H,1,4-5,8,14H2. The normalized spacial score (nSPS) is 24.2. The third kappa shape index (κ3) is 2.38. The maximum atomic E-state index is 8.87. The van der Waals surface area contributed by atoms with E-state index in [-0.39, 0.29) is 12.1 Å². The van der Waals surface area contributed by atoms with Crippen molar-refractivity contribution in [3.05, 3.63) is 29.6 Å². The van der Waals surface area contributed by atoms with Gasteiger partial charge in [-0.2, -0.15) is 5.26 Å². The Hall–Kier alpha value is -1.44. The third-order valence-electron chi connectivity index (χ3n) is 2.95. The fourth-order valence-corrected chi connectivity index (χ4v) is 2.01. The molecule has 0 radical (unpaired) electrons. The van der Waals surface area contributed by atoms with Gasteiger partial charge in [0.1, 0.15) is 11.8 Å². The maximum absolute atomic E-state index is 8.87. The zero-order chi connectivity index (χ0) is 11.4. The molecule has 0 amide bonds. The van der Waals surface area contributed by atoms with Gasteiger partial charge in [-0.3, -0.25) is 0 Å². The van der Waals surface area contributed by atoms with E-state index >= 15 is 0 Å². The predicted molar refractivity (Wildman–Crippen MR) is 59.4 cm³/mol. The van der Waals surface area contributed by atoms with E-state index in [1.54, 1.807) is 6.20 Å². The number of aromatic nitrogens is 1. The number of ether oxygens (including phenoxy) is 1. The molecule has 0 aliphatic heterocycles. The Morgan fingerprint density at radius 1 is 1.56 bits per heavy atom. The number of hydrogen-bond acceptors (Lipinski definition) is 4. The summed E-state index contributed by atoms with van der Waals surface area (Å²) in [7, 11) is 0. The van der Waals surface area contributed by atoms with Crippen molar-refractivity contribution in [1.29, 1.82) is 5.26 Å². The summed E-state index contributed by atoms with van der Waals surface area (Å²) in [6.07, 6.45) is 4.92. The number of rotatable bonds is 3. The fraction of sp³-hybridized carbons (Fsp3) is 0.500. The molecule has 1 aromatic rings. The highest BCUT2D eigenvalue weighted by Gasteiger charge is 2.24. The summed E-state index contributed by atoms with van der Waals surface area (Å²) in [5.74, 6) is 0. The second kappa shape index (κ2) is 5.06. The van der Waals surface area contributed by atoms with Gasteiger partial charge in [0.2, 0.25) is 0 Å². The molecule has 1 heterocycles. The second-order valence-corrected chi connectivity index (χ2v) is 4.07. The first-order valence-electron chi connectivity index (χ1n) is 5.52. The lowest BCUT2D eigenvalue weighted by Crippen LogP contribution is -2.31. The molecule has 1 saturated carbocycles. The Morgan fingerprint density at radius 3 is 3.12 bits per heavy atom. The molecule has 1 fully saturated rings. The SMILES string of the molecule is N#Cc1ncccc1COC1CCCC1N. The average Bonchev–Trinajstić information content (AvgIpc) is 2.72. The average molecular weight is 217 g/mol. The van der Waals surface area contributed by atoms with E-state index in [2.05, 4.69) is 11.1 Å². The van der Waals surface area contributed by atoms with Gasteiger partial charge in [0.25, 0.3) is 0 Å². The molecule has 4 nitrogen and oxygen atoms in total. The van der Waals surface area contributed by atoms with Crippen LogP contribution < -0.4 is 5.73 Å². The first-order chi connectivity index (χ1) is 7.81. The van der Waals surface area contributed by atoms with Crippen molar-refractivity contribution in [3.63, 3.8) is 0 Å². The molecule has 2 unspecified atom stereocenters. The number of hydrogen-bond donors (Lipinski definition) is 1. The molecule has 1 aromatic heterocycles. The van der Waals surface area contributed by atoms with Crippen molar-refractivity contribution in [2.75, 3.05) is 0 Å². The van der Waals surface area contributed by atoms with Crippen LogP contribution in [0.2, 0.25) is 0 Å². The van der Waals surface area contributed by atoms with Gasteiger partial charge in [-0.15, -0.1) is 0 Å². The number of nitrogens with zero attached hydrogens (tertiary/aromatic N) is 2. The van der Waals surface area contributed by atoms with Crippen LogP contribution in [0.4, 0.5) is 0 Å². The molecule has 2 N–H and O–H groups in total. The fourth-order valence-electron chi connectivity index (χ4n) is 2.01. The summed E-state index contributed by atoms with van der Waals surface area (Å²) in [5, 5.41) is 8.87. The van der Waals surface area contributed by atoms with Gasteiger partial charge in [-0.1, -0.05) is 6.07 Å². The van der Waals surface area contributed by atoms with Crippen LogP contribution in [0.25, 0.3) is 0 Å². The minimum atomic E-state index is 0.131. The molecule has 0 spiro atoms. The van der Waals surface area contributed by atoms with Crippen LogP contribution in [-0.2, 0) is 11.3 Å². The Bertz CT molecular complexity index is 399. The smallest absolute Gasteiger partial charge is 0.145 e. The van der Waals surface area contributed by atoms with Crippen LogP contribution >= 0.6 is 0 Å². The molecular formula is C12H15N3O. The molecule has 0 saturated heterocycles. The molecule has 84 valence electrons. The lowest BCUT2D eigenvalue weighted by molar-refractivity contribution is 0.0355. The monoisotopic (exact) mass is 217 g/mol. The number of nitriles is 1. The molecule has 2 rings (SSSR count).